The molecule has 0 saturated heterocycles. The first-order chi connectivity index (χ1) is 16.4. The Morgan fingerprint density at radius 2 is 2.03 bits per heavy atom. The molecule has 0 unspecified atom stereocenters. The number of esters is 1. The van der Waals surface area contributed by atoms with Crippen molar-refractivity contribution < 1.29 is 19.4 Å². The lowest BCUT2D eigenvalue weighted by Crippen LogP contribution is -2.24. The zero-order valence-corrected chi connectivity index (χ0v) is 19.3. The number of aromatic hydroxyl groups is 1. The van der Waals surface area contributed by atoms with Gasteiger partial charge in [0.1, 0.15) is 11.3 Å². The van der Waals surface area contributed by atoms with Crippen molar-refractivity contribution in [2.24, 2.45) is 4.99 Å². The van der Waals surface area contributed by atoms with Crippen molar-refractivity contribution in [3.63, 3.8) is 0 Å². The first-order valence-corrected chi connectivity index (χ1v) is 10.7. The fourth-order valence-electron chi connectivity index (χ4n) is 3.65. The van der Waals surface area contributed by atoms with Gasteiger partial charge in [0.25, 0.3) is 5.56 Å². The summed E-state index contributed by atoms with van der Waals surface area (Å²) in [4.78, 5) is 35.0. The molecule has 0 spiro atoms. The molecule has 9 nitrogen and oxygen atoms in total. The van der Waals surface area contributed by atoms with Crippen molar-refractivity contribution in [3.8, 4) is 17.3 Å². The van der Waals surface area contributed by atoms with Crippen LogP contribution in [0.2, 0.25) is 0 Å². The van der Waals surface area contributed by atoms with Crippen LogP contribution in [0.15, 0.2) is 64.5 Å². The molecule has 4 aromatic rings. The second kappa shape index (κ2) is 9.75. The van der Waals surface area contributed by atoms with Crippen molar-refractivity contribution in [1.82, 2.24) is 14.5 Å². The van der Waals surface area contributed by atoms with Gasteiger partial charge in [-0.2, -0.15) is 0 Å². The number of H-pyrrole nitrogens is 2. The number of nitrogens with zero attached hydrogens (tertiary/aromatic N) is 2. The number of hydrogen-bond donors (Lipinski definition) is 3. The minimum atomic E-state index is -0.934. The lowest BCUT2D eigenvalue weighted by Gasteiger charge is -2.13. The average Bonchev–Trinajstić information content (AvgIpc) is 3.25. The molecule has 4 rings (SSSR count). The third-order valence-electron chi connectivity index (χ3n) is 5.38. The number of carbonyl (C=O) groups excluding carboxylic acids is 1. The number of hydrogen-bond acceptors (Lipinski definition) is 7. The van der Waals surface area contributed by atoms with Crippen LogP contribution in [0, 0.1) is 4.77 Å². The first kappa shape index (κ1) is 23.0. The molecule has 2 heterocycles. The van der Waals surface area contributed by atoms with Gasteiger partial charge in [-0.15, -0.1) is 0 Å². The summed E-state index contributed by atoms with van der Waals surface area (Å²) in [6.45, 7) is 0. The quantitative estimate of drug-likeness (QED) is 0.213. The second-order valence-electron chi connectivity index (χ2n) is 7.41. The number of ether oxygens (including phenoxy) is 2. The molecular formula is C24H22N4O5S. The predicted molar refractivity (Wildman–Crippen MR) is 131 cm³/mol. The summed E-state index contributed by atoms with van der Waals surface area (Å²) in [7, 11) is 2.79. The lowest BCUT2D eigenvalue weighted by molar-refractivity contribution is -0.142. The minimum absolute atomic E-state index is 0.00351. The molecule has 2 aromatic carbocycles. The standard InChI is InChI=1S/C24H22N4O5S/c1-32-16-7-5-6-15(11-16)28-22(30)18(21(29)27-24(28)34)13-26-20(23(31)33-2)10-14-12-25-19-9-4-3-8-17(14)19/h3-9,11-13,20,25,30H,10H2,1-2H3,(H,27,29,34)/t20-/m1/s1. The summed E-state index contributed by atoms with van der Waals surface area (Å²) in [6, 6.07) is 13.6. The van der Waals surface area contributed by atoms with E-state index in [2.05, 4.69) is 15.0 Å². The van der Waals surface area contributed by atoms with Crippen molar-refractivity contribution in [3.05, 3.63) is 81.0 Å². The molecule has 0 aliphatic heterocycles. The first-order valence-electron chi connectivity index (χ1n) is 10.3. The number of carbonyl (C=O) groups is 1. The molecule has 0 bridgehead atoms. The molecule has 34 heavy (non-hydrogen) atoms. The Balaban J connectivity index is 1.73. The van der Waals surface area contributed by atoms with E-state index in [1.807, 2.05) is 30.5 Å². The number of fused-ring (bicyclic) bond motifs is 1. The van der Waals surface area contributed by atoms with Gasteiger partial charge in [-0.25, -0.2) is 4.79 Å². The van der Waals surface area contributed by atoms with Gasteiger partial charge in [-0.05, 0) is 36.0 Å². The Morgan fingerprint density at radius 3 is 2.79 bits per heavy atom. The van der Waals surface area contributed by atoms with Crippen LogP contribution in [0.4, 0.5) is 0 Å². The highest BCUT2D eigenvalue weighted by Gasteiger charge is 2.21. The van der Waals surface area contributed by atoms with Crippen molar-refractivity contribution in [1.29, 1.82) is 0 Å². The van der Waals surface area contributed by atoms with Crippen LogP contribution in [0.5, 0.6) is 11.6 Å². The summed E-state index contributed by atoms with van der Waals surface area (Å²) < 4.78 is 11.4. The number of benzene rings is 2. The van der Waals surface area contributed by atoms with E-state index in [0.717, 1.165) is 22.7 Å². The number of methoxy groups -OCH3 is 2. The number of aromatic amines is 2. The SMILES string of the molecule is COC(=O)[C@@H](Cc1c[nH]c2ccccc12)N=Cc1c(O)n(-c2cccc(OC)c2)c(=S)[nH]c1=O. The van der Waals surface area contributed by atoms with Crippen molar-refractivity contribution in [2.75, 3.05) is 14.2 Å². The van der Waals surface area contributed by atoms with E-state index in [-0.39, 0.29) is 16.8 Å². The third kappa shape index (κ3) is 4.48. The topological polar surface area (TPSA) is 122 Å². The van der Waals surface area contributed by atoms with E-state index in [0.29, 0.717) is 11.4 Å². The molecule has 0 radical (unpaired) electrons. The molecule has 1 atom stereocenters. The summed E-state index contributed by atoms with van der Waals surface area (Å²) in [5, 5.41) is 11.9. The van der Waals surface area contributed by atoms with Gasteiger partial charge in [0, 0.05) is 35.8 Å². The summed E-state index contributed by atoms with van der Waals surface area (Å²) in [6.07, 6.45) is 3.21. The van der Waals surface area contributed by atoms with E-state index >= 15 is 0 Å². The van der Waals surface area contributed by atoms with Crippen LogP contribution < -0.4 is 10.3 Å². The van der Waals surface area contributed by atoms with Crippen molar-refractivity contribution >= 4 is 35.3 Å². The van der Waals surface area contributed by atoms with Crippen molar-refractivity contribution in [2.45, 2.75) is 12.5 Å². The number of aliphatic imine (C=N–C) groups is 1. The maximum Gasteiger partial charge on any atom is 0.330 e. The Bertz CT molecular complexity index is 1500. The maximum absolute atomic E-state index is 12.6. The second-order valence-corrected chi connectivity index (χ2v) is 7.80. The van der Waals surface area contributed by atoms with Gasteiger partial charge >= 0.3 is 5.97 Å². The molecule has 0 amide bonds. The van der Waals surface area contributed by atoms with Crippen LogP contribution in [0.25, 0.3) is 16.6 Å². The van der Waals surface area contributed by atoms with Gasteiger partial charge < -0.3 is 19.6 Å². The fraction of sp³-hybridized carbons (Fsp3) is 0.167. The molecule has 0 saturated carbocycles. The van der Waals surface area contributed by atoms with Gasteiger partial charge in [0.2, 0.25) is 5.88 Å². The van der Waals surface area contributed by atoms with E-state index in [9.17, 15) is 14.7 Å². The molecule has 174 valence electrons. The molecule has 0 aliphatic carbocycles. The molecular weight excluding hydrogens is 456 g/mol. The molecule has 10 heteroatoms. The zero-order chi connectivity index (χ0) is 24.2. The zero-order valence-electron chi connectivity index (χ0n) is 18.4. The highest BCUT2D eigenvalue weighted by atomic mass is 32.1. The van der Waals surface area contributed by atoms with Gasteiger partial charge in [0.05, 0.1) is 19.9 Å². The van der Waals surface area contributed by atoms with Crippen LogP contribution in [0.3, 0.4) is 0 Å². The number of aromatic nitrogens is 3. The highest BCUT2D eigenvalue weighted by Crippen LogP contribution is 2.23. The van der Waals surface area contributed by atoms with E-state index in [1.54, 1.807) is 24.3 Å². The Labute approximate surface area is 199 Å². The average molecular weight is 479 g/mol. The Morgan fingerprint density at radius 1 is 1.24 bits per heavy atom. The number of rotatable bonds is 7. The summed E-state index contributed by atoms with van der Waals surface area (Å²) >= 11 is 5.25. The number of nitrogens with one attached hydrogen (secondary N) is 2. The lowest BCUT2D eigenvalue weighted by atomic mass is 10.1. The Kier molecular flexibility index (Phi) is 6.60. The molecule has 0 aliphatic rings. The van der Waals surface area contributed by atoms with Gasteiger partial charge in [0.15, 0.2) is 10.8 Å². The Hall–Kier alpha value is -4.18. The van der Waals surface area contributed by atoms with Crippen LogP contribution in [0.1, 0.15) is 11.1 Å². The summed E-state index contributed by atoms with van der Waals surface area (Å²) in [5.41, 5.74) is 1.49. The molecule has 2 aromatic heterocycles. The summed E-state index contributed by atoms with van der Waals surface area (Å²) in [5.74, 6) is -0.441. The smallest absolute Gasteiger partial charge is 0.330 e. The van der Waals surface area contributed by atoms with E-state index in [4.69, 9.17) is 21.7 Å². The molecule has 3 N–H and O–H groups in total. The van der Waals surface area contributed by atoms with Crippen LogP contribution in [-0.2, 0) is 16.0 Å². The third-order valence-corrected chi connectivity index (χ3v) is 5.66. The largest absolute Gasteiger partial charge is 0.497 e. The van der Waals surface area contributed by atoms with E-state index in [1.165, 1.54) is 18.8 Å². The predicted octanol–water partition coefficient (Wildman–Crippen LogP) is 3.29. The van der Waals surface area contributed by atoms with Gasteiger partial charge in [-0.1, -0.05) is 24.3 Å². The molecule has 0 fully saturated rings. The van der Waals surface area contributed by atoms with Crippen LogP contribution >= 0.6 is 12.2 Å². The normalized spacial score (nSPS) is 12.2. The van der Waals surface area contributed by atoms with Gasteiger partial charge in [-0.3, -0.25) is 19.3 Å². The highest BCUT2D eigenvalue weighted by molar-refractivity contribution is 7.71. The minimum Gasteiger partial charge on any atom is -0.497 e. The number of para-hydroxylation sites is 1. The monoisotopic (exact) mass is 478 g/mol. The maximum atomic E-state index is 12.6. The van der Waals surface area contributed by atoms with E-state index < -0.39 is 23.5 Å². The van der Waals surface area contributed by atoms with Crippen LogP contribution in [-0.4, -0.2) is 52.1 Å². The fourth-order valence-corrected chi connectivity index (χ4v) is 3.93.